The van der Waals surface area contributed by atoms with E-state index >= 15 is 0 Å². The maximum atomic E-state index is 14.3. The summed E-state index contributed by atoms with van der Waals surface area (Å²) in [5, 5.41) is 33.4. The van der Waals surface area contributed by atoms with Gasteiger partial charge in [0.05, 0.1) is 6.10 Å². The SMILES string of the molecule is CC(C)C[C@H](NC(=O)[C@@H](NC(=O)[C@@H](NC=O)C(C)C)[C@@H](C)O)C(=O)N[C@H](C(=O)N1CCCC[C@H]1C(=O)N[C@@H](CC(C)C)C(=O)N1CCCC[C@H]1C(=O)O)C(C)C. The molecule has 2 aliphatic heterocycles. The molecule has 2 rings (SSSR count). The third-order valence-electron chi connectivity index (χ3n) is 10.3. The van der Waals surface area contributed by atoms with Crippen molar-refractivity contribution in [1.82, 2.24) is 36.4 Å². The largest absolute Gasteiger partial charge is 0.480 e. The molecule has 8 atom stereocenters. The minimum absolute atomic E-state index is 0.00946. The van der Waals surface area contributed by atoms with Gasteiger partial charge in [0, 0.05) is 13.1 Å². The number of rotatable bonds is 20. The molecule has 0 aromatic heterocycles. The average Bonchev–Trinajstić information content (AvgIpc) is 3.12. The number of carbonyl (C=O) groups is 8. The molecule has 0 aromatic carbocycles. The number of nitrogens with one attached hydrogen (secondary N) is 5. The van der Waals surface area contributed by atoms with E-state index in [1.54, 1.807) is 27.7 Å². The van der Waals surface area contributed by atoms with Crippen molar-refractivity contribution in [2.24, 2.45) is 23.7 Å². The molecule has 2 fully saturated rings. The summed E-state index contributed by atoms with van der Waals surface area (Å²) in [6, 6.07) is -7.63. The lowest BCUT2D eigenvalue weighted by Gasteiger charge is -2.40. The van der Waals surface area contributed by atoms with Crippen molar-refractivity contribution in [3.63, 3.8) is 0 Å². The first-order chi connectivity index (χ1) is 26.2. The number of aliphatic hydroxyl groups is 1. The van der Waals surface area contributed by atoms with Crippen LogP contribution in [0.1, 0.15) is 114 Å². The molecular weight excluding hydrogens is 726 g/mol. The van der Waals surface area contributed by atoms with Crippen molar-refractivity contribution in [3.8, 4) is 0 Å². The predicted molar refractivity (Wildman–Crippen MR) is 207 cm³/mol. The monoisotopic (exact) mass is 793 g/mol. The standard InChI is InChI=1S/C39H67N7O10/c1-21(2)18-26(41-36(52)32(25(9)48)44-35(51)30(23(5)6)40-20-47)33(49)43-31(24(7)8)38(54)45-16-12-10-14-28(45)34(50)42-27(19-22(3)4)37(53)46-17-13-11-15-29(46)39(55)56/h20-32,48H,10-19H2,1-9H3,(H,40,47)(H,41,52)(H,42,50)(H,43,49)(H,44,51)(H,55,56)/t25-,26+,27+,28+,29+,30+,31+,32+/m1/s1. The van der Waals surface area contributed by atoms with Gasteiger partial charge in [0.25, 0.3) is 0 Å². The summed E-state index contributed by atoms with van der Waals surface area (Å²) in [5.41, 5.74) is 0. The predicted octanol–water partition coefficient (Wildman–Crippen LogP) is 0.672. The number of nitrogens with zero attached hydrogens (tertiary/aromatic N) is 2. The van der Waals surface area contributed by atoms with Crippen LogP contribution in [0.4, 0.5) is 0 Å². The number of aliphatic hydroxyl groups excluding tert-OH is 1. The average molecular weight is 794 g/mol. The Kier molecular flexibility index (Phi) is 19.2. The van der Waals surface area contributed by atoms with Gasteiger partial charge in [-0.1, -0.05) is 55.4 Å². The lowest BCUT2D eigenvalue weighted by atomic mass is 9.94. The Morgan fingerprint density at radius 1 is 0.607 bits per heavy atom. The number of hydrogen-bond donors (Lipinski definition) is 7. The van der Waals surface area contributed by atoms with Gasteiger partial charge in [0.15, 0.2) is 0 Å². The smallest absolute Gasteiger partial charge is 0.326 e. The highest BCUT2D eigenvalue weighted by Crippen LogP contribution is 2.23. The summed E-state index contributed by atoms with van der Waals surface area (Å²) < 4.78 is 0. The lowest BCUT2D eigenvalue weighted by molar-refractivity contribution is -0.154. The van der Waals surface area contributed by atoms with E-state index in [9.17, 15) is 48.6 Å². The first-order valence-electron chi connectivity index (χ1n) is 20.1. The highest BCUT2D eigenvalue weighted by molar-refractivity contribution is 5.97. The van der Waals surface area contributed by atoms with Crippen molar-refractivity contribution >= 4 is 47.8 Å². The minimum atomic E-state index is -1.47. The normalized spacial score (nSPS) is 20.7. The molecule has 0 unspecified atom stereocenters. The molecule has 0 aromatic rings. The van der Waals surface area contributed by atoms with Crippen LogP contribution in [0.2, 0.25) is 0 Å². The highest BCUT2D eigenvalue weighted by Gasteiger charge is 2.42. The van der Waals surface area contributed by atoms with Gasteiger partial charge < -0.3 is 46.6 Å². The topological polar surface area (TPSA) is 244 Å². The number of carbonyl (C=O) groups excluding carboxylic acids is 7. The number of aliphatic carboxylic acids is 1. The number of carboxylic acid groups (broad SMARTS) is 1. The van der Waals surface area contributed by atoms with Gasteiger partial charge in [-0.25, -0.2) is 4.79 Å². The van der Waals surface area contributed by atoms with Gasteiger partial charge >= 0.3 is 5.97 Å². The quantitative estimate of drug-likeness (QED) is 0.0850. The van der Waals surface area contributed by atoms with Crippen molar-refractivity contribution in [1.29, 1.82) is 0 Å². The van der Waals surface area contributed by atoms with Gasteiger partial charge in [-0.05, 0) is 82.0 Å². The molecule has 0 saturated carbocycles. The summed E-state index contributed by atoms with van der Waals surface area (Å²) in [6.07, 6.45) is 2.66. The molecule has 2 heterocycles. The summed E-state index contributed by atoms with van der Waals surface area (Å²) in [4.78, 5) is 108. The molecule has 17 heteroatoms. The van der Waals surface area contributed by atoms with Crippen LogP contribution in [0.15, 0.2) is 0 Å². The van der Waals surface area contributed by atoms with E-state index < -0.39 is 95.7 Å². The summed E-state index contributed by atoms with van der Waals surface area (Å²) in [7, 11) is 0. The van der Waals surface area contributed by atoms with Crippen LogP contribution in [0.3, 0.4) is 0 Å². The van der Waals surface area contributed by atoms with Crippen molar-refractivity contribution in [2.75, 3.05) is 13.1 Å². The molecule has 2 saturated heterocycles. The number of piperidine rings is 2. The zero-order valence-corrected chi connectivity index (χ0v) is 34.6. The Morgan fingerprint density at radius 3 is 1.57 bits per heavy atom. The molecule has 318 valence electrons. The fourth-order valence-electron chi connectivity index (χ4n) is 7.28. The lowest BCUT2D eigenvalue weighted by Crippen LogP contribution is -2.63. The molecule has 0 bridgehead atoms. The molecular formula is C39H67N7O10. The Hall–Kier alpha value is -4.28. The van der Waals surface area contributed by atoms with Gasteiger partial charge in [-0.3, -0.25) is 33.6 Å². The number of hydrogen-bond acceptors (Lipinski definition) is 9. The van der Waals surface area contributed by atoms with E-state index in [0.717, 1.165) is 0 Å². The van der Waals surface area contributed by atoms with Crippen molar-refractivity contribution in [3.05, 3.63) is 0 Å². The fraction of sp³-hybridized carbons (Fsp3) is 0.795. The van der Waals surface area contributed by atoms with E-state index in [-0.39, 0.29) is 43.7 Å². The number of carboxylic acids is 1. The third kappa shape index (κ3) is 13.7. The second-order valence-electron chi connectivity index (χ2n) is 16.8. The molecule has 7 amide bonds. The van der Waals surface area contributed by atoms with Crippen molar-refractivity contribution in [2.45, 2.75) is 162 Å². The molecule has 0 aliphatic carbocycles. The van der Waals surface area contributed by atoms with Gasteiger partial charge in [0.2, 0.25) is 41.9 Å². The number of amides is 7. The first-order valence-corrected chi connectivity index (χ1v) is 20.1. The second kappa shape index (κ2) is 22.5. The Morgan fingerprint density at radius 2 is 1.09 bits per heavy atom. The third-order valence-corrected chi connectivity index (χ3v) is 10.3. The second-order valence-corrected chi connectivity index (χ2v) is 16.8. The van der Waals surface area contributed by atoms with E-state index in [1.165, 1.54) is 16.7 Å². The maximum absolute atomic E-state index is 14.3. The van der Waals surface area contributed by atoms with E-state index in [2.05, 4.69) is 26.6 Å². The molecule has 56 heavy (non-hydrogen) atoms. The summed E-state index contributed by atoms with van der Waals surface area (Å²) in [5.74, 6) is -5.69. The molecule has 2 aliphatic rings. The Balaban J connectivity index is 2.31. The van der Waals surface area contributed by atoms with Gasteiger partial charge in [0.1, 0.15) is 42.3 Å². The van der Waals surface area contributed by atoms with Crippen LogP contribution in [0.25, 0.3) is 0 Å². The Labute approximate surface area is 331 Å². The number of likely N-dealkylation sites (tertiary alicyclic amines) is 2. The van der Waals surface area contributed by atoms with Crippen molar-refractivity contribution < 1.29 is 48.6 Å². The minimum Gasteiger partial charge on any atom is -0.480 e. The molecule has 17 nitrogen and oxygen atoms in total. The zero-order chi connectivity index (χ0) is 42.4. The molecule has 0 spiro atoms. The molecule has 7 N–H and O–H groups in total. The summed E-state index contributed by atoms with van der Waals surface area (Å²) in [6.45, 7) is 16.2. The Bertz CT molecular complexity index is 1390. The first kappa shape index (κ1) is 47.9. The van der Waals surface area contributed by atoms with Crippen LogP contribution < -0.4 is 26.6 Å². The van der Waals surface area contributed by atoms with Crippen LogP contribution >= 0.6 is 0 Å². The van der Waals surface area contributed by atoms with E-state index in [4.69, 9.17) is 0 Å². The summed E-state index contributed by atoms with van der Waals surface area (Å²) >= 11 is 0. The highest BCUT2D eigenvalue weighted by atomic mass is 16.4. The fourth-order valence-corrected chi connectivity index (χ4v) is 7.28. The molecule has 0 radical (unpaired) electrons. The van der Waals surface area contributed by atoms with Crippen LogP contribution in [-0.4, -0.2) is 129 Å². The van der Waals surface area contributed by atoms with Crippen LogP contribution in [0, 0.1) is 23.7 Å². The van der Waals surface area contributed by atoms with Crippen LogP contribution in [-0.2, 0) is 38.4 Å². The zero-order valence-electron chi connectivity index (χ0n) is 34.6. The van der Waals surface area contributed by atoms with Gasteiger partial charge in [-0.2, -0.15) is 0 Å². The van der Waals surface area contributed by atoms with Crippen LogP contribution in [0.5, 0.6) is 0 Å². The van der Waals surface area contributed by atoms with E-state index in [0.29, 0.717) is 44.9 Å². The van der Waals surface area contributed by atoms with Gasteiger partial charge in [-0.15, -0.1) is 0 Å². The van der Waals surface area contributed by atoms with E-state index in [1.807, 2.05) is 27.7 Å². The maximum Gasteiger partial charge on any atom is 0.326 e.